The first kappa shape index (κ1) is 20.0. The molecule has 4 heterocycles. The van der Waals surface area contributed by atoms with Crippen molar-refractivity contribution in [3.05, 3.63) is 82.6 Å². The van der Waals surface area contributed by atoms with Crippen molar-refractivity contribution in [1.29, 1.82) is 0 Å². The normalized spacial score (nSPS) is 15.3. The molecule has 0 spiro atoms. The second-order valence-electron chi connectivity index (χ2n) is 7.94. The minimum Gasteiger partial charge on any atom is -0.507 e. The van der Waals surface area contributed by atoms with Crippen LogP contribution in [0.3, 0.4) is 0 Å². The van der Waals surface area contributed by atoms with Gasteiger partial charge < -0.3 is 19.0 Å². The van der Waals surface area contributed by atoms with Gasteiger partial charge in [-0.05, 0) is 23.8 Å². The van der Waals surface area contributed by atoms with E-state index >= 15 is 0 Å². The highest BCUT2D eigenvalue weighted by Gasteiger charge is 2.35. The summed E-state index contributed by atoms with van der Waals surface area (Å²) in [5.74, 6) is -0.533. The number of methoxy groups -OCH3 is 1. The number of ether oxygens (including phenoxy) is 2. The zero-order chi connectivity index (χ0) is 23.4. The van der Waals surface area contributed by atoms with Crippen LogP contribution in [0.1, 0.15) is 23.5 Å². The minimum absolute atomic E-state index is 0.00868. The summed E-state index contributed by atoms with van der Waals surface area (Å²) in [4.78, 5) is 30.3. The standard InChI is InChI=1S/C25H17N3O6/c1-32-14-5-3-13(4-6-14)17-12-33-24-21-15(16-11-27-28-8-2-7-26-25(16)28)9-20(30)34-19(21)10-18(29)22(24)23(17)31/h2-8,10-12,15,29H,9H2,1H3/t15-/m0/s1. The van der Waals surface area contributed by atoms with Gasteiger partial charge in [-0.2, -0.15) is 5.10 Å². The lowest BCUT2D eigenvalue weighted by atomic mass is 9.86. The monoisotopic (exact) mass is 455 g/mol. The summed E-state index contributed by atoms with van der Waals surface area (Å²) in [7, 11) is 1.56. The summed E-state index contributed by atoms with van der Waals surface area (Å²) in [5.41, 5.74) is 2.41. The Bertz CT molecular complexity index is 1650. The van der Waals surface area contributed by atoms with Gasteiger partial charge in [0.15, 0.2) is 5.65 Å². The molecule has 0 radical (unpaired) electrons. The van der Waals surface area contributed by atoms with Crippen LogP contribution in [-0.4, -0.2) is 32.8 Å². The van der Waals surface area contributed by atoms with Crippen LogP contribution in [0.15, 0.2) is 70.5 Å². The molecule has 0 fully saturated rings. The lowest BCUT2D eigenvalue weighted by Crippen LogP contribution is -2.22. The Morgan fingerprint density at radius 2 is 2.03 bits per heavy atom. The molecule has 9 nitrogen and oxygen atoms in total. The lowest BCUT2D eigenvalue weighted by Gasteiger charge is -2.25. The quantitative estimate of drug-likeness (QED) is 0.324. The van der Waals surface area contributed by atoms with Crippen molar-refractivity contribution < 1.29 is 23.8 Å². The van der Waals surface area contributed by atoms with Gasteiger partial charge in [0.05, 0.1) is 25.3 Å². The van der Waals surface area contributed by atoms with E-state index in [-0.39, 0.29) is 34.5 Å². The van der Waals surface area contributed by atoms with Crippen LogP contribution >= 0.6 is 0 Å². The van der Waals surface area contributed by atoms with E-state index in [1.54, 1.807) is 60.5 Å². The van der Waals surface area contributed by atoms with Crippen molar-refractivity contribution in [3.8, 4) is 28.4 Å². The molecule has 0 saturated heterocycles. The van der Waals surface area contributed by atoms with Crippen LogP contribution in [0, 0.1) is 0 Å². The highest BCUT2D eigenvalue weighted by Crippen LogP contribution is 2.46. The van der Waals surface area contributed by atoms with E-state index in [0.717, 1.165) is 0 Å². The molecule has 2 aromatic carbocycles. The number of nitrogens with zero attached hydrogens (tertiary/aromatic N) is 3. The highest BCUT2D eigenvalue weighted by atomic mass is 16.5. The smallest absolute Gasteiger partial charge is 0.312 e. The number of aromatic hydroxyl groups is 1. The first-order valence-corrected chi connectivity index (χ1v) is 10.5. The molecular weight excluding hydrogens is 438 g/mol. The number of phenolic OH excluding ortho intramolecular Hbond substituents is 1. The van der Waals surface area contributed by atoms with Gasteiger partial charge in [0.1, 0.15) is 34.5 Å². The van der Waals surface area contributed by atoms with Gasteiger partial charge in [-0.1, -0.05) is 12.1 Å². The number of phenols is 1. The third-order valence-electron chi connectivity index (χ3n) is 6.05. The fourth-order valence-corrected chi connectivity index (χ4v) is 4.46. The topological polar surface area (TPSA) is 116 Å². The van der Waals surface area contributed by atoms with E-state index in [1.165, 1.54) is 12.3 Å². The fourth-order valence-electron chi connectivity index (χ4n) is 4.46. The summed E-state index contributed by atoms with van der Waals surface area (Å²) in [5, 5.41) is 15.1. The molecule has 0 unspecified atom stereocenters. The Balaban J connectivity index is 1.60. The molecule has 3 aromatic heterocycles. The molecule has 0 aliphatic carbocycles. The number of benzene rings is 2. The second kappa shape index (κ2) is 7.45. The SMILES string of the molecule is COc1ccc(-c2coc3c4c(cc(O)c3c2=O)OC(=O)C[C@H]4c2cnn3cccnc23)cc1. The Hall–Kier alpha value is -4.66. The zero-order valence-electron chi connectivity index (χ0n) is 17.9. The van der Waals surface area contributed by atoms with Gasteiger partial charge in [0, 0.05) is 35.5 Å². The molecule has 6 rings (SSSR count). The summed E-state index contributed by atoms with van der Waals surface area (Å²) in [6.45, 7) is 0. The maximum absolute atomic E-state index is 13.5. The van der Waals surface area contributed by atoms with Crippen LogP contribution in [0.4, 0.5) is 0 Å². The maximum Gasteiger partial charge on any atom is 0.312 e. The van der Waals surface area contributed by atoms with Crippen LogP contribution in [0.2, 0.25) is 0 Å². The first-order chi connectivity index (χ1) is 16.5. The minimum atomic E-state index is -0.526. The fraction of sp³-hybridized carbons (Fsp3) is 0.120. The summed E-state index contributed by atoms with van der Waals surface area (Å²) in [6, 6.07) is 9.98. The number of rotatable bonds is 3. The van der Waals surface area contributed by atoms with Crippen molar-refractivity contribution in [3.63, 3.8) is 0 Å². The maximum atomic E-state index is 13.5. The third kappa shape index (κ3) is 2.94. The highest BCUT2D eigenvalue weighted by molar-refractivity contribution is 5.94. The molecule has 0 bridgehead atoms. The van der Waals surface area contributed by atoms with Gasteiger partial charge in [0.2, 0.25) is 5.43 Å². The first-order valence-electron chi connectivity index (χ1n) is 10.5. The second-order valence-corrected chi connectivity index (χ2v) is 7.94. The van der Waals surface area contributed by atoms with Crippen molar-refractivity contribution in [2.24, 2.45) is 0 Å². The number of hydrogen-bond acceptors (Lipinski definition) is 8. The van der Waals surface area contributed by atoms with Crippen LogP contribution in [0.25, 0.3) is 27.7 Å². The molecule has 34 heavy (non-hydrogen) atoms. The van der Waals surface area contributed by atoms with E-state index in [4.69, 9.17) is 13.9 Å². The van der Waals surface area contributed by atoms with E-state index in [0.29, 0.717) is 28.1 Å². The van der Waals surface area contributed by atoms with Crippen LogP contribution < -0.4 is 14.9 Å². The number of carbonyl (C=O) groups excluding carboxylic acids is 1. The molecule has 1 aliphatic rings. The van der Waals surface area contributed by atoms with Crippen LogP contribution in [0.5, 0.6) is 17.2 Å². The van der Waals surface area contributed by atoms with E-state index in [1.807, 2.05) is 0 Å². The Kier molecular flexibility index (Phi) is 4.38. The van der Waals surface area contributed by atoms with Crippen LogP contribution in [-0.2, 0) is 4.79 Å². The average Bonchev–Trinajstić information content (AvgIpc) is 3.27. The van der Waals surface area contributed by atoms with Crippen molar-refractivity contribution in [2.45, 2.75) is 12.3 Å². The number of esters is 1. The summed E-state index contributed by atoms with van der Waals surface area (Å²) < 4.78 is 18.2. The Morgan fingerprint density at radius 1 is 1.21 bits per heavy atom. The van der Waals surface area contributed by atoms with Gasteiger partial charge in [-0.3, -0.25) is 9.59 Å². The summed E-state index contributed by atoms with van der Waals surface area (Å²) in [6.07, 6.45) is 6.39. The molecule has 0 saturated carbocycles. The zero-order valence-corrected chi connectivity index (χ0v) is 17.9. The van der Waals surface area contributed by atoms with Crippen molar-refractivity contribution in [1.82, 2.24) is 14.6 Å². The largest absolute Gasteiger partial charge is 0.507 e. The molecule has 1 atom stereocenters. The summed E-state index contributed by atoms with van der Waals surface area (Å²) >= 11 is 0. The van der Waals surface area contributed by atoms with Gasteiger partial charge in [-0.15, -0.1) is 0 Å². The molecule has 9 heteroatoms. The van der Waals surface area contributed by atoms with Gasteiger partial charge in [-0.25, -0.2) is 9.50 Å². The van der Waals surface area contributed by atoms with Crippen molar-refractivity contribution >= 4 is 22.6 Å². The predicted octanol–water partition coefficient (Wildman–Crippen LogP) is 3.66. The Morgan fingerprint density at radius 3 is 2.82 bits per heavy atom. The molecular formula is C25H17N3O6. The third-order valence-corrected chi connectivity index (χ3v) is 6.05. The molecule has 168 valence electrons. The van der Waals surface area contributed by atoms with E-state index < -0.39 is 17.3 Å². The number of hydrogen-bond donors (Lipinski definition) is 1. The number of carbonyl (C=O) groups is 1. The van der Waals surface area contributed by atoms with E-state index in [2.05, 4.69) is 10.1 Å². The number of fused-ring (bicyclic) bond motifs is 4. The van der Waals surface area contributed by atoms with Gasteiger partial charge >= 0.3 is 5.97 Å². The van der Waals surface area contributed by atoms with Gasteiger partial charge in [0.25, 0.3) is 0 Å². The molecule has 1 N–H and O–H groups in total. The Labute approximate surface area is 191 Å². The molecule has 5 aromatic rings. The van der Waals surface area contributed by atoms with Crippen molar-refractivity contribution in [2.75, 3.05) is 7.11 Å². The van der Waals surface area contributed by atoms with E-state index in [9.17, 15) is 14.7 Å². The average molecular weight is 455 g/mol. The molecule has 1 aliphatic heterocycles. The predicted molar refractivity (Wildman–Crippen MR) is 121 cm³/mol. The molecule has 0 amide bonds. The lowest BCUT2D eigenvalue weighted by molar-refractivity contribution is -0.135. The number of aromatic nitrogens is 3.